The van der Waals surface area contributed by atoms with Crippen LogP contribution in [0.5, 0.6) is 0 Å². The number of guanidine groups is 1. The Labute approximate surface area is 142 Å². The summed E-state index contributed by atoms with van der Waals surface area (Å²) in [6, 6.07) is 7.94. The van der Waals surface area contributed by atoms with Crippen molar-refractivity contribution < 1.29 is 0 Å². The van der Waals surface area contributed by atoms with Gasteiger partial charge in [0.15, 0.2) is 5.96 Å². The van der Waals surface area contributed by atoms with E-state index in [0.717, 1.165) is 23.4 Å². The molecule has 2 aromatic rings. The minimum atomic E-state index is -0.0761. The lowest BCUT2D eigenvalue weighted by molar-refractivity contribution is 0.508. The first kappa shape index (κ1) is 17.3. The van der Waals surface area contributed by atoms with Crippen molar-refractivity contribution in [2.75, 3.05) is 13.6 Å². The zero-order valence-electron chi connectivity index (χ0n) is 14.0. The molecule has 0 aliphatic rings. The molecule has 23 heavy (non-hydrogen) atoms. The highest BCUT2D eigenvalue weighted by molar-refractivity contribution is 6.30. The van der Waals surface area contributed by atoms with Gasteiger partial charge in [0, 0.05) is 31.1 Å². The van der Waals surface area contributed by atoms with E-state index in [-0.39, 0.29) is 5.41 Å². The third kappa shape index (κ3) is 4.69. The van der Waals surface area contributed by atoms with Gasteiger partial charge in [0.2, 0.25) is 0 Å². The molecule has 0 saturated heterocycles. The molecule has 0 radical (unpaired) electrons. The molecule has 2 rings (SSSR count). The summed E-state index contributed by atoms with van der Waals surface area (Å²) in [6.07, 6.45) is 1.54. The van der Waals surface area contributed by atoms with Crippen LogP contribution in [0.3, 0.4) is 0 Å². The second-order valence-electron chi connectivity index (χ2n) is 5.97. The van der Waals surface area contributed by atoms with Crippen molar-refractivity contribution in [3.63, 3.8) is 0 Å². The first-order valence-electron chi connectivity index (χ1n) is 7.46. The van der Waals surface area contributed by atoms with Gasteiger partial charge in [0.1, 0.15) is 12.2 Å². The fraction of sp³-hybridized carbons (Fsp3) is 0.438. The second-order valence-corrected chi connectivity index (χ2v) is 6.41. The Hall–Kier alpha value is -2.08. The Bertz CT molecular complexity index is 677. The fourth-order valence-corrected chi connectivity index (χ4v) is 2.37. The van der Waals surface area contributed by atoms with Crippen LogP contribution in [-0.4, -0.2) is 34.3 Å². The molecule has 2 N–H and O–H groups in total. The van der Waals surface area contributed by atoms with Crippen molar-refractivity contribution in [3.8, 4) is 0 Å². The molecule has 0 fully saturated rings. The average Bonchev–Trinajstić information content (AvgIpc) is 2.93. The van der Waals surface area contributed by atoms with E-state index in [4.69, 9.17) is 11.6 Å². The molecule has 0 bridgehead atoms. The molecule has 0 aliphatic heterocycles. The van der Waals surface area contributed by atoms with E-state index >= 15 is 0 Å². The zero-order chi connectivity index (χ0) is 16.9. The number of aliphatic imine (C=N–C) groups is 1. The Kier molecular flexibility index (Phi) is 5.60. The van der Waals surface area contributed by atoms with Crippen LogP contribution in [0.2, 0.25) is 5.02 Å². The van der Waals surface area contributed by atoms with Crippen molar-refractivity contribution in [1.82, 2.24) is 25.4 Å². The van der Waals surface area contributed by atoms with E-state index < -0.39 is 0 Å². The van der Waals surface area contributed by atoms with Crippen LogP contribution in [0.25, 0.3) is 0 Å². The van der Waals surface area contributed by atoms with Crippen LogP contribution in [0, 0.1) is 0 Å². The summed E-state index contributed by atoms with van der Waals surface area (Å²) in [5.41, 5.74) is 1.11. The zero-order valence-corrected chi connectivity index (χ0v) is 14.7. The smallest absolute Gasteiger partial charge is 0.191 e. The van der Waals surface area contributed by atoms with Gasteiger partial charge in [-0.2, -0.15) is 5.10 Å². The maximum atomic E-state index is 6.09. The highest BCUT2D eigenvalue weighted by Crippen LogP contribution is 2.24. The van der Waals surface area contributed by atoms with Gasteiger partial charge < -0.3 is 10.6 Å². The van der Waals surface area contributed by atoms with Gasteiger partial charge in [-0.05, 0) is 17.7 Å². The number of nitrogens with zero attached hydrogens (tertiary/aromatic N) is 4. The normalized spacial score (nSPS) is 12.3. The van der Waals surface area contributed by atoms with Crippen LogP contribution in [-0.2, 0) is 19.0 Å². The SMILES string of the molecule is CN=C(NCc1ncnn1C)NCC(C)(C)c1cccc(Cl)c1. The van der Waals surface area contributed by atoms with Crippen LogP contribution < -0.4 is 10.6 Å². The molecule has 0 saturated carbocycles. The molecule has 0 unspecified atom stereocenters. The van der Waals surface area contributed by atoms with Crippen molar-refractivity contribution in [1.29, 1.82) is 0 Å². The van der Waals surface area contributed by atoms with Gasteiger partial charge >= 0.3 is 0 Å². The molecule has 1 aromatic heterocycles. The van der Waals surface area contributed by atoms with Crippen molar-refractivity contribution in [2.24, 2.45) is 12.0 Å². The molecule has 7 heteroatoms. The Morgan fingerprint density at radius 3 is 2.74 bits per heavy atom. The highest BCUT2D eigenvalue weighted by atomic mass is 35.5. The number of halogens is 1. The van der Waals surface area contributed by atoms with E-state index in [1.165, 1.54) is 11.9 Å². The van der Waals surface area contributed by atoms with Crippen molar-refractivity contribution in [3.05, 3.63) is 47.0 Å². The lowest BCUT2D eigenvalue weighted by Crippen LogP contribution is -2.43. The molecular weight excluding hydrogens is 312 g/mol. The molecule has 0 amide bonds. The van der Waals surface area contributed by atoms with E-state index in [9.17, 15) is 0 Å². The first-order valence-corrected chi connectivity index (χ1v) is 7.83. The van der Waals surface area contributed by atoms with Crippen LogP contribution >= 0.6 is 11.6 Å². The number of aromatic nitrogens is 3. The topological polar surface area (TPSA) is 67.1 Å². The summed E-state index contributed by atoms with van der Waals surface area (Å²) in [7, 11) is 3.61. The third-order valence-corrected chi connectivity index (χ3v) is 3.98. The Balaban J connectivity index is 1.93. The molecular formula is C16H23ClN6. The highest BCUT2D eigenvalue weighted by Gasteiger charge is 2.21. The second kappa shape index (κ2) is 7.46. The largest absolute Gasteiger partial charge is 0.356 e. The molecule has 0 spiro atoms. The summed E-state index contributed by atoms with van der Waals surface area (Å²) in [4.78, 5) is 8.42. The van der Waals surface area contributed by atoms with Gasteiger partial charge in [-0.3, -0.25) is 9.67 Å². The Morgan fingerprint density at radius 1 is 1.35 bits per heavy atom. The number of benzene rings is 1. The minimum Gasteiger partial charge on any atom is -0.356 e. The number of hydrogen-bond donors (Lipinski definition) is 2. The summed E-state index contributed by atoms with van der Waals surface area (Å²) >= 11 is 6.09. The summed E-state index contributed by atoms with van der Waals surface area (Å²) in [5.74, 6) is 1.57. The quantitative estimate of drug-likeness (QED) is 0.649. The van der Waals surface area contributed by atoms with Crippen molar-refractivity contribution >= 4 is 17.6 Å². The van der Waals surface area contributed by atoms with Gasteiger partial charge in [-0.25, -0.2) is 4.98 Å². The van der Waals surface area contributed by atoms with Crippen molar-refractivity contribution in [2.45, 2.75) is 25.8 Å². The number of nitrogens with one attached hydrogen (secondary N) is 2. The molecule has 0 atom stereocenters. The standard InChI is InChI=1S/C16H23ClN6/c1-16(2,12-6-5-7-13(17)8-12)10-20-15(18-3)19-9-14-21-11-22-23(14)4/h5-8,11H,9-10H2,1-4H3,(H2,18,19,20). The number of rotatable bonds is 5. The van der Waals surface area contributed by atoms with Gasteiger partial charge in [0.25, 0.3) is 0 Å². The van der Waals surface area contributed by atoms with Crippen LogP contribution in [0.4, 0.5) is 0 Å². The maximum absolute atomic E-state index is 6.09. The van der Waals surface area contributed by atoms with Crippen LogP contribution in [0.1, 0.15) is 25.2 Å². The van der Waals surface area contributed by atoms with Gasteiger partial charge in [0.05, 0.1) is 6.54 Å². The van der Waals surface area contributed by atoms with E-state index in [1.807, 2.05) is 25.2 Å². The first-order chi connectivity index (χ1) is 10.9. The fourth-order valence-electron chi connectivity index (χ4n) is 2.18. The van der Waals surface area contributed by atoms with Gasteiger partial charge in [-0.1, -0.05) is 37.6 Å². The third-order valence-electron chi connectivity index (χ3n) is 3.75. The molecule has 1 aromatic carbocycles. The number of aryl methyl sites for hydroxylation is 1. The molecule has 1 heterocycles. The van der Waals surface area contributed by atoms with E-state index in [2.05, 4.69) is 45.6 Å². The van der Waals surface area contributed by atoms with Crippen LogP contribution in [0.15, 0.2) is 35.6 Å². The summed E-state index contributed by atoms with van der Waals surface area (Å²) in [5, 5.41) is 11.4. The van der Waals surface area contributed by atoms with E-state index in [1.54, 1.807) is 11.7 Å². The lowest BCUT2D eigenvalue weighted by Gasteiger charge is -2.27. The van der Waals surface area contributed by atoms with E-state index in [0.29, 0.717) is 6.54 Å². The Morgan fingerprint density at radius 2 is 2.13 bits per heavy atom. The molecule has 0 aliphatic carbocycles. The molecule has 124 valence electrons. The summed E-state index contributed by atoms with van der Waals surface area (Å²) < 4.78 is 1.73. The molecule has 6 nitrogen and oxygen atoms in total. The predicted molar refractivity (Wildman–Crippen MR) is 93.7 cm³/mol. The van der Waals surface area contributed by atoms with Gasteiger partial charge in [-0.15, -0.1) is 0 Å². The lowest BCUT2D eigenvalue weighted by atomic mass is 9.84. The predicted octanol–water partition coefficient (Wildman–Crippen LogP) is 2.11. The average molecular weight is 335 g/mol. The monoisotopic (exact) mass is 334 g/mol. The minimum absolute atomic E-state index is 0.0761. The maximum Gasteiger partial charge on any atom is 0.191 e. The summed E-state index contributed by atoms with van der Waals surface area (Å²) in [6.45, 7) is 5.63. The number of hydrogen-bond acceptors (Lipinski definition) is 3.